The van der Waals surface area contributed by atoms with Crippen LogP contribution >= 0.6 is 0 Å². The van der Waals surface area contributed by atoms with Gasteiger partial charge in [0.25, 0.3) is 0 Å². The molecule has 0 N–H and O–H groups in total. The van der Waals surface area contributed by atoms with Gasteiger partial charge in [0.2, 0.25) is 0 Å². The van der Waals surface area contributed by atoms with Crippen molar-refractivity contribution < 1.29 is 0 Å². The SMILES string of the molecule is C1=CC2C[C@H]2c2c1cccc2N(c1ccccc1)c1ccc(-c2ccc(N(c3ccccc3)c3cccc4ccccc34)cc2)cc1. The molecule has 0 saturated heterocycles. The molecule has 7 aromatic carbocycles. The molecule has 0 spiro atoms. The number of rotatable bonds is 7. The van der Waals surface area contributed by atoms with E-state index in [-0.39, 0.29) is 0 Å². The lowest BCUT2D eigenvalue weighted by Gasteiger charge is -2.29. The summed E-state index contributed by atoms with van der Waals surface area (Å²) >= 11 is 0. The third kappa shape index (κ3) is 4.99. The van der Waals surface area contributed by atoms with E-state index in [2.05, 4.69) is 192 Å². The first kappa shape index (κ1) is 27.5. The molecular formula is C45H34N2. The number of para-hydroxylation sites is 2. The average Bonchev–Trinajstić information content (AvgIpc) is 3.94. The quantitative estimate of drug-likeness (QED) is 0.179. The molecule has 0 aliphatic heterocycles. The number of anilines is 6. The van der Waals surface area contributed by atoms with Gasteiger partial charge in [-0.3, -0.25) is 0 Å². The van der Waals surface area contributed by atoms with Crippen molar-refractivity contribution in [2.75, 3.05) is 9.80 Å². The smallest absolute Gasteiger partial charge is 0.0540 e. The van der Waals surface area contributed by atoms with Crippen LogP contribution < -0.4 is 9.80 Å². The summed E-state index contributed by atoms with van der Waals surface area (Å²) in [7, 11) is 0. The summed E-state index contributed by atoms with van der Waals surface area (Å²) < 4.78 is 0. The largest absolute Gasteiger partial charge is 0.310 e. The topological polar surface area (TPSA) is 6.48 Å². The third-order valence-electron chi connectivity index (χ3n) is 9.71. The van der Waals surface area contributed by atoms with Crippen LogP contribution in [0.5, 0.6) is 0 Å². The fourth-order valence-electron chi connectivity index (χ4n) is 7.32. The minimum Gasteiger partial charge on any atom is -0.310 e. The molecule has 2 atom stereocenters. The number of nitrogens with zero attached hydrogens (tertiary/aromatic N) is 2. The van der Waals surface area contributed by atoms with E-state index in [1.165, 1.54) is 62.2 Å². The molecule has 1 saturated carbocycles. The van der Waals surface area contributed by atoms with E-state index in [1.54, 1.807) is 0 Å². The lowest BCUT2D eigenvalue weighted by molar-refractivity contribution is 0.989. The number of benzene rings is 7. The van der Waals surface area contributed by atoms with Crippen molar-refractivity contribution in [3.05, 3.63) is 187 Å². The van der Waals surface area contributed by atoms with Gasteiger partial charge in [-0.25, -0.2) is 0 Å². The van der Waals surface area contributed by atoms with Gasteiger partial charge < -0.3 is 9.80 Å². The highest BCUT2D eigenvalue weighted by atomic mass is 15.1. The zero-order valence-electron chi connectivity index (χ0n) is 26.1. The summed E-state index contributed by atoms with van der Waals surface area (Å²) in [4.78, 5) is 4.79. The van der Waals surface area contributed by atoms with Crippen LogP contribution in [0.1, 0.15) is 23.5 Å². The van der Waals surface area contributed by atoms with Crippen LogP contribution in [0, 0.1) is 5.92 Å². The Kier molecular flexibility index (Phi) is 6.71. The molecule has 2 heteroatoms. The molecule has 9 rings (SSSR count). The maximum atomic E-state index is 2.43. The number of hydrogen-bond donors (Lipinski definition) is 0. The Morgan fingerprint density at radius 2 is 0.936 bits per heavy atom. The van der Waals surface area contributed by atoms with Gasteiger partial charge in [-0.15, -0.1) is 0 Å². The average molecular weight is 603 g/mol. The highest BCUT2D eigenvalue weighted by molar-refractivity contribution is 5.99. The second kappa shape index (κ2) is 11.5. The maximum Gasteiger partial charge on any atom is 0.0540 e. The lowest BCUT2D eigenvalue weighted by atomic mass is 9.94. The molecule has 1 fully saturated rings. The van der Waals surface area contributed by atoms with Crippen LogP contribution in [0.15, 0.2) is 176 Å². The van der Waals surface area contributed by atoms with Crippen LogP contribution in [-0.2, 0) is 0 Å². The molecule has 2 nitrogen and oxygen atoms in total. The summed E-state index contributed by atoms with van der Waals surface area (Å²) in [6, 6.07) is 61.3. The standard InChI is InChI=1S/C45H34N2/c1-3-14-37(15-4-1)46(43-19-9-12-34-11-7-8-18-41(34)43)39-27-23-32(24-28-39)33-25-29-40(30-26-33)47(38-16-5-2-6-17-38)44-20-10-13-35-21-22-36-31-42(36)45(35)44/h1-30,36,42H,31H2/t36?,42-/m1/s1. The van der Waals surface area contributed by atoms with Gasteiger partial charge in [-0.1, -0.05) is 121 Å². The van der Waals surface area contributed by atoms with Crippen molar-refractivity contribution in [3.8, 4) is 11.1 Å². The normalized spacial score (nSPS) is 15.9. The Morgan fingerprint density at radius 3 is 1.60 bits per heavy atom. The highest BCUT2D eigenvalue weighted by Gasteiger charge is 2.41. The second-order valence-corrected chi connectivity index (χ2v) is 12.6. The Bertz CT molecular complexity index is 2210. The van der Waals surface area contributed by atoms with Crippen LogP contribution in [0.4, 0.5) is 34.1 Å². The van der Waals surface area contributed by atoms with E-state index in [0.29, 0.717) is 11.8 Å². The molecule has 47 heavy (non-hydrogen) atoms. The molecule has 2 aliphatic carbocycles. The third-order valence-corrected chi connectivity index (χ3v) is 9.71. The minimum atomic E-state index is 0.625. The zero-order chi connectivity index (χ0) is 31.2. The second-order valence-electron chi connectivity index (χ2n) is 12.6. The summed E-state index contributed by atoms with van der Waals surface area (Å²) in [6.45, 7) is 0. The number of fused-ring (bicyclic) bond motifs is 4. The monoisotopic (exact) mass is 602 g/mol. The first-order chi connectivity index (χ1) is 23.3. The Labute approximate surface area is 276 Å². The Morgan fingerprint density at radius 1 is 0.426 bits per heavy atom. The molecular weight excluding hydrogens is 569 g/mol. The van der Waals surface area contributed by atoms with Gasteiger partial charge in [0.05, 0.1) is 11.4 Å². The maximum absolute atomic E-state index is 2.43. The highest BCUT2D eigenvalue weighted by Crippen LogP contribution is 2.56. The van der Waals surface area contributed by atoms with Gasteiger partial charge >= 0.3 is 0 Å². The summed E-state index contributed by atoms with van der Waals surface area (Å²) in [5.74, 6) is 1.31. The molecule has 224 valence electrons. The molecule has 2 aliphatic rings. The lowest BCUT2D eigenvalue weighted by Crippen LogP contribution is -2.13. The molecule has 7 aromatic rings. The summed E-state index contributed by atoms with van der Waals surface area (Å²) in [5, 5.41) is 2.46. The van der Waals surface area contributed by atoms with E-state index in [4.69, 9.17) is 0 Å². The first-order valence-corrected chi connectivity index (χ1v) is 16.5. The summed E-state index contributed by atoms with van der Waals surface area (Å²) in [6.07, 6.45) is 5.97. The van der Waals surface area contributed by atoms with E-state index in [0.717, 1.165) is 11.4 Å². The Balaban J connectivity index is 1.07. The molecule has 0 bridgehead atoms. The number of allylic oxidation sites excluding steroid dienone is 1. The molecule has 1 unspecified atom stereocenters. The molecule has 0 radical (unpaired) electrons. The fourth-order valence-corrected chi connectivity index (χ4v) is 7.32. The van der Waals surface area contributed by atoms with Gasteiger partial charge in [-0.2, -0.15) is 0 Å². The van der Waals surface area contributed by atoms with Gasteiger partial charge in [0, 0.05) is 28.1 Å². The molecule has 0 heterocycles. The van der Waals surface area contributed by atoms with Crippen molar-refractivity contribution in [1.82, 2.24) is 0 Å². The molecule has 0 amide bonds. The van der Waals surface area contributed by atoms with E-state index < -0.39 is 0 Å². The number of hydrogen-bond acceptors (Lipinski definition) is 2. The van der Waals surface area contributed by atoms with Crippen molar-refractivity contribution in [3.63, 3.8) is 0 Å². The zero-order valence-corrected chi connectivity index (χ0v) is 26.1. The van der Waals surface area contributed by atoms with Crippen molar-refractivity contribution in [2.45, 2.75) is 12.3 Å². The van der Waals surface area contributed by atoms with E-state index >= 15 is 0 Å². The van der Waals surface area contributed by atoms with E-state index in [9.17, 15) is 0 Å². The van der Waals surface area contributed by atoms with Crippen molar-refractivity contribution in [2.24, 2.45) is 5.92 Å². The van der Waals surface area contributed by atoms with Gasteiger partial charge in [0.15, 0.2) is 0 Å². The van der Waals surface area contributed by atoms with Gasteiger partial charge in [0.1, 0.15) is 0 Å². The first-order valence-electron chi connectivity index (χ1n) is 16.5. The van der Waals surface area contributed by atoms with Crippen molar-refractivity contribution in [1.29, 1.82) is 0 Å². The van der Waals surface area contributed by atoms with Crippen LogP contribution in [0.3, 0.4) is 0 Å². The van der Waals surface area contributed by atoms with Crippen molar-refractivity contribution >= 4 is 51.0 Å². The van der Waals surface area contributed by atoms with Crippen LogP contribution in [-0.4, -0.2) is 0 Å². The minimum absolute atomic E-state index is 0.625. The van der Waals surface area contributed by atoms with E-state index in [1.807, 2.05) is 0 Å². The predicted octanol–water partition coefficient (Wildman–Crippen LogP) is 12.6. The molecule has 0 aromatic heterocycles. The van der Waals surface area contributed by atoms with Gasteiger partial charge in [-0.05, 0) is 107 Å². The Hall–Kier alpha value is -5.86. The van der Waals surface area contributed by atoms with Crippen LogP contribution in [0.2, 0.25) is 0 Å². The van der Waals surface area contributed by atoms with Crippen LogP contribution in [0.25, 0.3) is 28.0 Å². The predicted molar refractivity (Wildman–Crippen MR) is 199 cm³/mol. The summed E-state index contributed by atoms with van der Waals surface area (Å²) in [5.41, 5.74) is 12.3. The fraction of sp³-hybridized carbons (Fsp3) is 0.0667.